The third kappa shape index (κ3) is 4.36. The summed E-state index contributed by atoms with van der Waals surface area (Å²) in [6.45, 7) is 10.3. The fourth-order valence-corrected chi connectivity index (χ4v) is 11.7. The molecule has 8 heteroatoms. The average Bonchev–Trinajstić information content (AvgIpc) is 3.40. The van der Waals surface area contributed by atoms with Gasteiger partial charge in [0.05, 0.1) is 25.4 Å². The van der Waals surface area contributed by atoms with Crippen LogP contribution in [0.4, 0.5) is 0 Å². The fraction of sp³-hybridized carbons (Fsp3) is 1.00. The molecule has 8 nitrogen and oxygen atoms in total. The van der Waals surface area contributed by atoms with Crippen molar-refractivity contribution in [2.45, 2.75) is 141 Å². The van der Waals surface area contributed by atoms with E-state index in [-0.39, 0.29) is 17.3 Å². The van der Waals surface area contributed by atoms with E-state index in [1.54, 1.807) is 0 Å². The van der Waals surface area contributed by atoms with Crippen LogP contribution in [0.2, 0.25) is 0 Å². The van der Waals surface area contributed by atoms with Crippen molar-refractivity contribution in [1.29, 1.82) is 0 Å². The molecular formula is C33H54O8. The summed E-state index contributed by atoms with van der Waals surface area (Å²) >= 11 is 0. The number of hydrogen-bond acceptors (Lipinski definition) is 8. The molecule has 0 aromatic carbocycles. The largest absolute Gasteiger partial charge is 0.394 e. The quantitative estimate of drug-likeness (QED) is 0.375. The van der Waals surface area contributed by atoms with Gasteiger partial charge in [-0.2, -0.15) is 0 Å². The number of ether oxygens (including phenoxy) is 4. The van der Waals surface area contributed by atoms with Gasteiger partial charge in [0.1, 0.15) is 24.4 Å². The Morgan fingerprint density at radius 3 is 2.34 bits per heavy atom. The Bertz CT molecular complexity index is 967. The summed E-state index contributed by atoms with van der Waals surface area (Å²) in [6.07, 6.45) is 5.64. The van der Waals surface area contributed by atoms with Crippen LogP contribution in [0.5, 0.6) is 0 Å². The Labute approximate surface area is 245 Å². The van der Waals surface area contributed by atoms with Crippen molar-refractivity contribution < 1.29 is 39.4 Å². The van der Waals surface area contributed by atoms with E-state index in [9.17, 15) is 20.4 Å². The van der Waals surface area contributed by atoms with Gasteiger partial charge in [-0.3, -0.25) is 0 Å². The van der Waals surface area contributed by atoms with Crippen molar-refractivity contribution in [2.24, 2.45) is 52.3 Å². The van der Waals surface area contributed by atoms with Crippen LogP contribution >= 0.6 is 0 Å². The SMILES string of the molecule is C[C@H]1CC[C@@]2(OC1)O[C@H]1C[C@H]3[C@@H]4CC[C@@H]5C[C@@H](O[C@@H]6O[C@@H](CO)[C@H](O)[C@H](O)[C@@H]6O)CC[C@]5(C)[C@H]4CC[C@]3(C)[C@H]1[C@@H]2C. The summed E-state index contributed by atoms with van der Waals surface area (Å²) in [7, 11) is 0. The summed E-state index contributed by atoms with van der Waals surface area (Å²) < 4.78 is 25.4. The van der Waals surface area contributed by atoms with Crippen LogP contribution < -0.4 is 0 Å². The molecule has 234 valence electrons. The van der Waals surface area contributed by atoms with Crippen molar-refractivity contribution in [3.8, 4) is 0 Å². The molecule has 4 aliphatic carbocycles. The molecule has 17 atom stereocenters. The highest BCUT2D eigenvalue weighted by Crippen LogP contribution is 2.71. The van der Waals surface area contributed by atoms with E-state index in [0.717, 1.165) is 50.0 Å². The maximum Gasteiger partial charge on any atom is 0.186 e. The minimum atomic E-state index is -1.40. The van der Waals surface area contributed by atoms with Crippen molar-refractivity contribution in [2.75, 3.05) is 13.2 Å². The number of fused-ring (bicyclic) bond motifs is 7. The summed E-state index contributed by atoms with van der Waals surface area (Å²) in [5, 5.41) is 40.4. The fourth-order valence-electron chi connectivity index (χ4n) is 11.7. The van der Waals surface area contributed by atoms with Crippen LogP contribution in [-0.2, 0) is 18.9 Å². The zero-order valence-electron chi connectivity index (χ0n) is 25.5. The number of hydrogen-bond donors (Lipinski definition) is 4. The molecule has 3 saturated heterocycles. The topological polar surface area (TPSA) is 118 Å². The zero-order chi connectivity index (χ0) is 28.9. The smallest absolute Gasteiger partial charge is 0.186 e. The molecule has 0 amide bonds. The van der Waals surface area contributed by atoms with E-state index in [2.05, 4.69) is 27.7 Å². The zero-order valence-corrected chi connectivity index (χ0v) is 25.5. The first-order valence-corrected chi connectivity index (χ1v) is 16.8. The van der Waals surface area contributed by atoms with Crippen molar-refractivity contribution in [1.82, 2.24) is 0 Å². The Morgan fingerprint density at radius 2 is 1.61 bits per heavy atom. The normalized spacial score (nSPS) is 60.3. The lowest BCUT2D eigenvalue weighted by Gasteiger charge is -2.61. The number of aliphatic hydroxyl groups excluding tert-OH is 4. The molecule has 1 spiro atoms. The maximum absolute atomic E-state index is 10.5. The maximum atomic E-state index is 10.5. The lowest BCUT2D eigenvalue weighted by Crippen LogP contribution is -2.60. The molecule has 0 aromatic heterocycles. The van der Waals surface area contributed by atoms with Crippen LogP contribution in [0.25, 0.3) is 0 Å². The first-order valence-electron chi connectivity index (χ1n) is 16.8. The summed E-state index contributed by atoms with van der Waals surface area (Å²) in [6, 6.07) is 0. The number of aliphatic hydroxyl groups is 4. The van der Waals surface area contributed by atoms with Crippen molar-refractivity contribution in [3.63, 3.8) is 0 Å². The van der Waals surface area contributed by atoms with Crippen LogP contribution in [0.1, 0.15) is 91.9 Å². The monoisotopic (exact) mass is 578 g/mol. The minimum Gasteiger partial charge on any atom is -0.394 e. The molecule has 0 aromatic rings. The molecule has 0 bridgehead atoms. The molecule has 0 unspecified atom stereocenters. The second-order valence-electron chi connectivity index (χ2n) is 15.9. The Morgan fingerprint density at radius 1 is 0.829 bits per heavy atom. The lowest BCUT2D eigenvalue weighted by molar-refractivity contribution is -0.316. The Kier molecular flexibility index (Phi) is 7.43. The molecule has 3 aliphatic heterocycles. The Balaban J connectivity index is 1.03. The molecule has 4 N–H and O–H groups in total. The van der Waals surface area contributed by atoms with E-state index >= 15 is 0 Å². The van der Waals surface area contributed by atoms with E-state index < -0.39 is 37.3 Å². The molecule has 7 fully saturated rings. The van der Waals surface area contributed by atoms with Crippen LogP contribution in [0, 0.1) is 52.3 Å². The van der Waals surface area contributed by atoms with Gasteiger partial charge in [0.15, 0.2) is 12.1 Å². The molecule has 3 heterocycles. The van der Waals surface area contributed by atoms with Gasteiger partial charge in [-0.25, -0.2) is 0 Å². The number of rotatable bonds is 3. The lowest BCUT2D eigenvalue weighted by atomic mass is 9.44. The third-order valence-electron chi connectivity index (χ3n) is 14.1. The minimum absolute atomic E-state index is 0.0607. The van der Waals surface area contributed by atoms with Gasteiger partial charge in [0.2, 0.25) is 0 Å². The van der Waals surface area contributed by atoms with Crippen LogP contribution in [0.3, 0.4) is 0 Å². The molecule has 0 radical (unpaired) electrons. The predicted octanol–water partition coefficient (Wildman–Crippen LogP) is 3.62. The molecule has 4 saturated carbocycles. The standard InChI is InChI=1S/C33H54O8/c1-17-7-12-33(38-16-17)18(2)26-24(41-33)14-23-21-6-5-19-13-20(8-10-31(19,3)22(21)9-11-32(23,26)4)39-30-29(37)28(36)27(35)25(15-34)40-30/h17-30,34-37H,5-16H2,1-4H3/t17-,18-,19+,20-,21+,22-,23-,24-,25-,26-,27-,28-,29-,30+,31-,32-,33+/m0/s1. The predicted molar refractivity (Wildman–Crippen MR) is 150 cm³/mol. The molecular weight excluding hydrogens is 524 g/mol. The first-order chi connectivity index (χ1) is 19.5. The van der Waals surface area contributed by atoms with Gasteiger partial charge < -0.3 is 39.4 Å². The van der Waals surface area contributed by atoms with E-state index in [1.165, 1.54) is 38.5 Å². The van der Waals surface area contributed by atoms with Crippen molar-refractivity contribution >= 4 is 0 Å². The highest BCUT2D eigenvalue weighted by atomic mass is 16.7. The summed E-state index contributed by atoms with van der Waals surface area (Å²) in [5.74, 6) is 4.08. The molecule has 7 aliphatic rings. The highest BCUT2D eigenvalue weighted by Gasteiger charge is 2.69. The second-order valence-corrected chi connectivity index (χ2v) is 15.9. The van der Waals surface area contributed by atoms with Gasteiger partial charge >= 0.3 is 0 Å². The van der Waals surface area contributed by atoms with Crippen molar-refractivity contribution in [3.05, 3.63) is 0 Å². The van der Waals surface area contributed by atoms with E-state index in [4.69, 9.17) is 18.9 Å². The van der Waals surface area contributed by atoms with Gasteiger partial charge in [0.25, 0.3) is 0 Å². The van der Waals surface area contributed by atoms with E-state index in [0.29, 0.717) is 35.2 Å². The molecule has 7 rings (SSSR count). The highest BCUT2D eigenvalue weighted by molar-refractivity contribution is 5.15. The summed E-state index contributed by atoms with van der Waals surface area (Å²) in [4.78, 5) is 0. The molecule has 41 heavy (non-hydrogen) atoms. The van der Waals surface area contributed by atoms with Gasteiger partial charge in [-0.15, -0.1) is 0 Å². The van der Waals surface area contributed by atoms with Gasteiger partial charge in [-0.05, 0) is 104 Å². The van der Waals surface area contributed by atoms with Gasteiger partial charge in [0, 0.05) is 12.3 Å². The Hall–Kier alpha value is -0.320. The second kappa shape index (κ2) is 10.4. The average molecular weight is 579 g/mol. The van der Waals surface area contributed by atoms with E-state index in [1.807, 2.05) is 0 Å². The summed E-state index contributed by atoms with van der Waals surface area (Å²) in [5.41, 5.74) is 0.612. The van der Waals surface area contributed by atoms with Crippen LogP contribution in [0.15, 0.2) is 0 Å². The first kappa shape index (κ1) is 29.4. The van der Waals surface area contributed by atoms with Crippen LogP contribution in [-0.4, -0.2) is 82.3 Å². The third-order valence-corrected chi connectivity index (χ3v) is 14.1. The van der Waals surface area contributed by atoms with Gasteiger partial charge in [-0.1, -0.05) is 27.7 Å².